The van der Waals surface area contributed by atoms with Crippen molar-refractivity contribution in [1.29, 1.82) is 0 Å². The molecule has 0 saturated carbocycles. The van der Waals surface area contributed by atoms with Crippen LogP contribution in [0.15, 0.2) is 40.5 Å². The lowest BCUT2D eigenvalue weighted by atomic mass is 10.2. The normalized spacial score (nSPS) is 10.5. The zero-order chi connectivity index (χ0) is 14.4. The monoisotopic (exact) mass is 290 g/mol. The molecule has 0 aliphatic carbocycles. The van der Waals surface area contributed by atoms with Gasteiger partial charge in [0, 0.05) is 18.6 Å². The number of aryl methyl sites for hydroxylation is 1. The van der Waals surface area contributed by atoms with Gasteiger partial charge >= 0.3 is 0 Å². The molecule has 1 heterocycles. The number of nitrogens with two attached hydrogens (primary N) is 1. The molecule has 106 valence electrons. The first-order valence-corrected chi connectivity index (χ1v) is 7.10. The second-order valence-electron chi connectivity index (χ2n) is 4.28. The van der Waals surface area contributed by atoms with Gasteiger partial charge in [-0.2, -0.15) is 0 Å². The molecule has 0 spiro atoms. The second-order valence-corrected chi connectivity index (χ2v) is 5.34. The Balaban J connectivity index is 2.11. The molecular formula is C14H18N4OS. The number of hydrogen-bond acceptors (Lipinski definition) is 6. The van der Waals surface area contributed by atoms with Crippen LogP contribution in [0.3, 0.4) is 0 Å². The fourth-order valence-electron chi connectivity index (χ4n) is 1.59. The van der Waals surface area contributed by atoms with Crippen molar-refractivity contribution in [2.75, 3.05) is 31.3 Å². The zero-order valence-electron chi connectivity index (χ0n) is 11.6. The van der Waals surface area contributed by atoms with Crippen LogP contribution in [0, 0.1) is 6.92 Å². The van der Waals surface area contributed by atoms with Crippen molar-refractivity contribution < 1.29 is 4.74 Å². The molecule has 0 saturated heterocycles. The topological polar surface area (TPSA) is 73.1 Å². The highest BCUT2D eigenvalue weighted by molar-refractivity contribution is 7.99. The average molecular weight is 290 g/mol. The van der Waals surface area contributed by atoms with Crippen LogP contribution in [0.5, 0.6) is 0 Å². The molecule has 0 atom stereocenters. The SMILES string of the molecule is COCCNc1ncnc(Sc2ccc(C)cc2)c1N. The molecule has 0 aliphatic heterocycles. The van der Waals surface area contributed by atoms with Crippen LogP contribution < -0.4 is 11.1 Å². The number of methoxy groups -OCH3 is 1. The molecule has 1 aromatic heterocycles. The van der Waals surface area contributed by atoms with E-state index in [1.165, 1.54) is 23.7 Å². The largest absolute Gasteiger partial charge is 0.394 e. The van der Waals surface area contributed by atoms with Gasteiger partial charge in [0.15, 0.2) is 5.82 Å². The van der Waals surface area contributed by atoms with Crippen LogP contribution in [0.25, 0.3) is 0 Å². The lowest BCUT2D eigenvalue weighted by Crippen LogP contribution is -2.11. The van der Waals surface area contributed by atoms with E-state index in [1.807, 2.05) is 0 Å². The van der Waals surface area contributed by atoms with Gasteiger partial charge in [0.25, 0.3) is 0 Å². The van der Waals surface area contributed by atoms with Crippen LogP contribution in [-0.4, -0.2) is 30.2 Å². The lowest BCUT2D eigenvalue weighted by Gasteiger charge is -2.10. The summed E-state index contributed by atoms with van der Waals surface area (Å²) in [4.78, 5) is 9.49. The molecule has 0 bridgehead atoms. The number of nitrogens with one attached hydrogen (secondary N) is 1. The predicted octanol–water partition coefficient (Wildman–Crippen LogP) is 2.58. The minimum atomic E-state index is 0.564. The van der Waals surface area contributed by atoms with Gasteiger partial charge < -0.3 is 15.8 Å². The van der Waals surface area contributed by atoms with Crippen molar-refractivity contribution in [1.82, 2.24) is 9.97 Å². The van der Waals surface area contributed by atoms with Crippen LogP contribution in [-0.2, 0) is 4.74 Å². The molecule has 0 aliphatic rings. The number of rotatable bonds is 6. The van der Waals surface area contributed by atoms with Crippen LogP contribution >= 0.6 is 11.8 Å². The first-order valence-electron chi connectivity index (χ1n) is 6.28. The van der Waals surface area contributed by atoms with E-state index in [2.05, 4.69) is 46.5 Å². The van der Waals surface area contributed by atoms with Gasteiger partial charge in [-0.15, -0.1) is 0 Å². The Kier molecular flexibility index (Phi) is 5.20. The van der Waals surface area contributed by atoms with Gasteiger partial charge in [-0.05, 0) is 19.1 Å². The summed E-state index contributed by atoms with van der Waals surface area (Å²) < 4.78 is 4.99. The van der Waals surface area contributed by atoms with Crippen molar-refractivity contribution in [2.45, 2.75) is 16.8 Å². The summed E-state index contributed by atoms with van der Waals surface area (Å²) in [6.07, 6.45) is 1.52. The molecule has 2 rings (SSSR count). The summed E-state index contributed by atoms with van der Waals surface area (Å²) in [5, 5.41) is 3.89. The van der Waals surface area contributed by atoms with Gasteiger partial charge in [-0.1, -0.05) is 29.5 Å². The molecule has 1 aromatic carbocycles. The van der Waals surface area contributed by atoms with Crippen molar-refractivity contribution in [3.05, 3.63) is 36.2 Å². The minimum Gasteiger partial charge on any atom is -0.394 e. The van der Waals surface area contributed by atoms with E-state index in [0.717, 1.165) is 9.92 Å². The molecule has 3 N–H and O–H groups in total. The van der Waals surface area contributed by atoms with Crippen LogP contribution in [0.1, 0.15) is 5.56 Å². The first-order chi connectivity index (χ1) is 9.70. The Morgan fingerprint density at radius 2 is 2.00 bits per heavy atom. The summed E-state index contributed by atoms with van der Waals surface area (Å²) in [6, 6.07) is 8.24. The maximum absolute atomic E-state index is 6.09. The highest BCUT2D eigenvalue weighted by Gasteiger charge is 2.09. The Morgan fingerprint density at radius 1 is 1.25 bits per heavy atom. The van der Waals surface area contributed by atoms with E-state index < -0.39 is 0 Å². The fraction of sp³-hybridized carbons (Fsp3) is 0.286. The summed E-state index contributed by atoms with van der Waals surface area (Å²) in [6.45, 7) is 3.32. The molecule has 2 aromatic rings. The predicted molar refractivity (Wildman–Crippen MR) is 82.1 cm³/mol. The smallest absolute Gasteiger partial charge is 0.153 e. The maximum atomic E-state index is 6.09. The summed E-state index contributed by atoms with van der Waals surface area (Å²) >= 11 is 1.53. The van der Waals surface area contributed by atoms with Crippen molar-refractivity contribution >= 4 is 23.3 Å². The number of benzene rings is 1. The minimum absolute atomic E-state index is 0.564. The molecule has 20 heavy (non-hydrogen) atoms. The number of hydrogen-bond donors (Lipinski definition) is 2. The van der Waals surface area contributed by atoms with Crippen molar-refractivity contribution in [2.24, 2.45) is 0 Å². The Labute approximate surface area is 123 Å². The van der Waals surface area contributed by atoms with E-state index in [9.17, 15) is 0 Å². The summed E-state index contributed by atoms with van der Waals surface area (Å²) in [5.74, 6) is 0.645. The Hall–Kier alpha value is -1.79. The molecule has 0 fully saturated rings. The van der Waals surface area contributed by atoms with E-state index in [-0.39, 0.29) is 0 Å². The standard InChI is InChI=1S/C14H18N4OS/c1-10-3-5-11(6-4-10)20-14-12(15)13(17-9-18-14)16-7-8-19-2/h3-6,9H,7-8,15H2,1-2H3,(H,16,17,18). The van der Waals surface area contributed by atoms with Gasteiger partial charge in [-0.3, -0.25) is 0 Å². The summed E-state index contributed by atoms with van der Waals surface area (Å²) in [7, 11) is 1.66. The zero-order valence-corrected chi connectivity index (χ0v) is 12.4. The highest BCUT2D eigenvalue weighted by atomic mass is 32.2. The first kappa shape index (κ1) is 14.6. The number of nitrogens with zero attached hydrogens (tertiary/aromatic N) is 2. The van der Waals surface area contributed by atoms with E-state index in [4.69, 9.17) is 10.5 Å². The van der Waals surface area contributed by atoms with Gasteiger partial charge in [-0.25, -0.2) is 9.97 Å². The van der Waals surface area contributed by atoms with Gasteiger partial charge in [0.1, 0.15) is 17.0 Å². The Morgan fingerprint density at radius 3 is 2.70 bits per heavy atom. The Bertz CT molecular complexity index is 560. The van der Waals surface area contributed by atoms with Gasteiger partial charge in [0.2, 0.25) is 0 Å². The molecule has 5 nitrogen and oxygen atoms in total. The maximum Gasteiger partial charge on any atom is 0.153 e. The third kappa shape index (κ3) is 3.85. The molecule has 0 amide bonds. The van der Waals surface area contributed by atoms with Crippen LogP contribution in [0.4, 0.5) is 11.5 Å². The number of ether oxygens (including phenoxy) is 1. The number of aromatic nitrogens is 2. The summed E-state index contributed by atoms with van der Waals surface area (Å²) in [5.41, 5.74) is 7.89. The fourth-order valence-corrected chi connectivity index (χ4v) is 2.39. The van der Waals surface area contributed by atoms with E-state index >= 15 is 0 Å². The third-order valence-corrected chi connectivity index (χ3v) is 3.71. The van der Waals surface area contributed by atoms with Crippen molar-refractivity contribution in [3.8, 4) is 0 Å². The molecular weight excluding hydrogens is 272 g/mol. The number of anilines is 2. The highest BCUT2D eigenvalue weighted by Crippen LogP contribution is 2.32. The number of nitrogen functional groups attached to an aromatic ring is 1. The van der Waals surface area contributed by atoms with Gasteiger partial charge in [0.05, 0.1) is 6.61 Å². The molecule has 6 heteroatoms. The molecule has 0 radical (unpaired) electrons. The lowest BCUT2D eigenvalue weighted by molar-refractivity contribution is 0.210. The van der Waals surface area contributed by atoms with Crippen molar-refractivity contribution in [3.63, 3.8) is 0 Å². The van der Waals surface area contributed by atoms with Crippen LogP contribution in [0.2, 0.25) is 0 Å². The third-order valence-electron chi connectivity index (χ3n) is 2.68. The molecule has 0 unspecified atom stereocenters. The average Bonchev–Trinajstić information content (AvgIpc) is 2.45. The van der Waals surface area contributed by atoms with E-state index in [1.54, 1.807) is 7.11 Å². The second kappa shape index (κ2) is 7.12. The quantitative estimate of drug-likeness (QED) is 0.629. The van der Waals surface area contributed by atoms with E-state index in [0.29, 0.717) is 24.7 Å².